The Balaban J connectivity index is 2.07. The van der Waals surface area contributed by atoms with E-state index in [1.807, 2.05) is 0 Å². The summed E-state index contributed by atoms with van der Waals surface area (Å²) in [6.07, 6.45) is 18.3. The lowest BCUT2D eigenvalue weighted by Crippen LogP contribution is -2.21. The maximum atomic E-state index is 4.01. The fraction of sp³-hybridized carbons (Fsp3) is 0.889. The summed E-state index contributed by atoms with van der Waals surface area (Å²) >= 11 is 0. The van der Waals surface area contributed by atoms with Crippen molar-refractivity contribution >= 4 is 0 Å². The van der Waals surface area contributed by atoms with Crippen molar-refractivity contribution in [3.05, 3.63) is 12.7 Å². The van der Waals surface area contributed by atoms with E-state index < -0.39 is 0 Å². The molecule has 0 radical (unpaired) electrons. The normalized spacial score (nSPS) is 17.9. The molecule has 0 aromatic rings. The first-order valence-corrected chi connectivity index (χ1v) is 8.93. The lowest BCUT2D eigenvalue weighted by Gasteiger charge is -2.18. The molecule has 0 aromatic heterocycles. The highest BCUT2D eigenvalue weighted by atomic mass is 15.7. The second-order valence-corrected chi connectivity index (χ2v) is 6.55. The fourth-order valence-electron chi connectivity index (χ4n) is 3.02. The van der Waals surface area contributed by atoms with E-state index in [0.29, 0.717) is 5.92 Å². The van der Waals surface area contributed by atoms with Gasteiger partial charge in [0, 0.05) is 0 Å². The van der Waals surface area contributed by atoms with Crippen LogP contribution in [-0.4, -0.2) is 5.66 Å². The Kier molecular flexibility index (Phi) is 9.21. The smallest absolute Gasteiger partial charge is 0.0949 e. The molecule has 2 heteroatoms. The SMILES string of the molecule is C=CC(CCCC)CC1(CCCCCCCCC)NN1. The van der Waals surface area contributed by atoms with Gasteiger partial charge in [-0.3, -0.25) is 0 Å². The minimum absolute atomic E-state index is 0.246. The summed E-state index contributed by atoms with van der Waals surface area (Å²) in [5.74, 6) is 0.669. The molecule has 0 spiro atoms. The van der Waals surface area contributed by atoms with Crippen LogP contribution in [0.2, 0.25) is 0 Å². The Labute approximate surface area is 126 Å². The highest BCUT2D eigenvalue weighted by molar-refractivity contribution is 4.98. The third-order valence-electron chi connectivity index (χ3n) is 4.56. The van der Waals surface area contributed by atoms with Crippen LogP contribution in [0.4, 0.5) is 0 Å². The van der Waals surface area contributed by atoms with Crippen molar-refractivity contribution in [3.63, 3.8) is 0 Å². The molecule has 2 N–H and O–H groups in total. The maximum Gasteiger partial charge on any atom is 0.0949 e. The summed E-state index contributed by atoms with van der Waals surface area (Å²) in [5, 5.41) is 0. The van der Waals surface area contributed by atoms with E-state index in [2.05, 4.69) is 37.4 Å². The Bertz CT molecular complexity index is 246. The van der Waals surface area contributed by atoms with Crippen LogP contribution in [0.5, 0.6) is 0 Å². The quantitative estimate of drug-likeness (QED) is 0.257. The molecule has 0 amide bonds. The average molecular weight is 280 g/mol. The van der Waals surface area contributed by atoms with E-state index in [1.54, 1.807) is 0 Å². The van der Waals surface area contributed by atoms with Gasteiger partial charge in [0.15, 0.2) is 0 Å². The molecule has 1 aliphatic heterocycles. The van der Waals surface area contributed by atoms with E-state index >= 15 is 0 Å². The number of nitrogens with one attached hydrogen (secondary N) is 2. The van der Waals surface area contributed by atoms with Crippen LogP contribution in [0, 0.1) is 5.92 Å². The van der Waals surface area contributed by atoms with Gasteiger partial charge in [-0.25, -0.2) is 10.9 Å². The molecule has 20 heavy (non-hydrogen) atoms. The first kappa shape index (κ1) is 17.7. The van der Waals surface area contributed by atoms with E-state index in [4.69, 9.17) is 0 Å². The molecule has 1 unspecified atom stereocenters. The molecule has 0 aromatic carbocycles. The molecule has 0 aliphatic carbocycles. The zero-order valence-corrected chi connectivity index (χ0v) is 13.8. The van der Waals surface area contributed by atoms with Crippen LogP contribution in [0.15, 0.2) is 12.7 Å². The summed E-state index contributed by atoms with van der Waals surface area (Å²) in [6, 6.07) is 0. The van der Waals surface area contributed by atoms with E-state index in [-0.39, 0.29) is 5.66 Å². The Morgan fingerprint density at radius 2 is 1.50 bits per heavy atom. The summed E-state index contributed by atoms with van der Waals surface area (Å²) in [4.78, 5) is 0. The molecule has 1 aliphatic rings. The third-order valence-corrected chi connectivity index (χ3v) is 4.56. The van der Waals surface area contributed by atoms with Crippen LogP contribution >= 0.6 is 0 Å². The van der Waals surface area contributed by atoms with Crippen LogP contribution in [0.25, 0.3) is 0 Å². The van der Waals surface area contributed by atoms with Gasteiger partial charge in [-0.1, -0.05) is 77.7 Å². The third kappa shape index (κ3) is 7.44. The first-order valence-electron chi connectivity index (χ1n) is 8.93. The van der Waals surface area contributed by atoms with Gasteiger partial charge >= 0.3 is 0 Å². The fourth-order valence-corrected chi connectivity index (χ4v) is 3.02. The highest BCUT2D eigenvalue weighted by Crippen LogP contribution is 2.30. The van der Waals surface area contributed by atoms with Crippen LogP contribution in [0.3, 0.4) is 0 Å². The number of hydrogen-bond donors (Lipinski definition) is 2. The van der Waals surface area contributed by atoms with E-state index in [1.165, 1.54) is 77.0 Å². The Morgan fingerprint density at radius 1 is 0.900 bits per heavy atom. The molecule has 0 saturated carbocycles. The number of hydrazine groups is 1. The summed E-state index contributed by atoms with van der Waals surface area (Å²) in [5.41, 5.74) is 7.05. The van der Waals surface area contributed by atoms with Gasteiger partial charge in [0.1, 0.15) is 0 Å². The van der Waals surface area contributed by atoms with Gasteiger partial charge in [0.05, 0.1) is 5.66 Å². The number of unbranched alkanes of at least 4 members (excludes halogenated alkanes) is 7. The summed E-state index contributed by atoms with van der Waals surface area (Å²) in [6.45, 7) is 8.56. The second kappa shape index (κ2) is 10.4. The zero-order valence-electron chi connectivity index (χ0n) is 13.8. The minimum Gasteiger partial charge on any atom is -0.235 e. The van der Waals surface area contributed by atoms with Gasteiger partial charge in [-0.15, -0.1) is 6.58 Å². The zero-order chi connectivity index (χ0) is 14.7. The molecule has 1 atom stereocenters. The lowest BCUT2D eigenvalue weighted by molar-refractivity contribution is 0.396. The van der Waals surface area contributed by atoms with E-state index in [9.17, 15) is 0 Å². The predicted octanol–water partition coefficient (Wildman–Crippen LogP) is 5.31. The molecule has 1 rings (SSSR count). The molecule has 1 saturated heterocycles. The van der Waals surface area contributed by atoms with Gasteiger partial charge in [0.25, 0.3) is 0 Å². The maximum absolute atomic E-state index is 4.01. The Morgan fingerprint density at radius 3 is 2.05 bits per heavy atom. The van der Waals surface area contributed by atoms with Gasteiger partial charge < -0.3 is 0 Å². The molecular formula is C18H36N2. The van der Waals surface area contributed by atoms with Crippen molar-refractivity contribution in [1.29, 1.82) is 0 Å². The van der Waals surface area contributed by atoms with Crippen molar-refractivity contribution in [2.75, 3.05) is 0 Å². The molecule has 1 heterocycles. The Hall–Kier alpha value is -0.340. The monoisotopic (exact) mass is 280 g/mol. The van der Waals surface area contributed by atoms with Crippen molar-refractivity contribution in [2.45, 2.75) is 96.6 Å². The second-order valence-electron chi connectivity index (χ2n) is 6.55. The topological polar surface area (TPSA) is 43.9 Å². The summed E-state index contributed by atoms with van der Waals surface area (Å²) < 4.78 is 0. The standard InChI is InChI=1S/C18H36N2/c1-4-7-9-10-11-12-13-15-18(19-20-18)16-17(6-3)14-8-5-2/h6,17,19-20H,3-5,7-16H2,1-2H3. The average Bonchev–Trinajstić information content (AvgIpc) is 3.22. The van der Waals surface area contributed by atoms with Crippen molar-refractivity contribution in [1.82, 2.24) is 10.9 Å². The highest BCUT2D eigenvalue weighted by Gasteiger charge is 2.41. The molecule has 0 bridgehead atoms. The van der Waals surface area contributed by atoms with Crippen LogP contribution in [0.1, 0.15) is 90.9 Å². The van der Waals surface area contributed by atoms with Crippen molar-refractivity contribution < 1.29 is 0 Å². The van der Waals surface area contributed by atoms with E-state index in [0.717, 1.165) is 0 Å². The molecular weight excluding hydrogens is 244 g/mol. The van der Waals surface area contributed by atoms with Crippen LogP contribution < -0.4 is 10.9 Å². The lowest BCUT2D eigenvalue weighted by atomic mass is 9.90. The minimum atomic E-state index is 0.246. The molecule has 1 fully saturated rings. The predicted molar refractivity (Wildman–Crippen MR) is 89.4 cm³/mol. The number of rotatable bonds is 14. The van der Waals surface area contributed by atoms with Gasteiger partial charge in [0.2, 0.25) is 0 Å². The first-order chi connectivity index (χ1) is 9.76. The van der Waals surface area contributed by atoms with Crippen molar-refractivity contribution in [3.8, 4) is 0 Å². The molecule has 118 valence electrons. The largest absolute Gasteiger partial charge is 0.235 e. The van der Waals surface area contributed by atoms with Gasteiger partial charge in [-0.05, 0) is 25.2 Å². The molecule has 2 nitrogen and oxygen atoms in total. The summed E-state index contributed by atoms with van der Waals surface area (Å²) in [7, 11) is 0. The van der Waals surface area contributed by atoms with Crippen LogP contribution in [-0.2, 0) is 0 Å². The van der Waals surface area contributed by atoms with Gasteiger partial charge in [-0.2, -0.15) is 0 Å². The van der Waals surface area contributed by atoms with Crippen molar-refractivity contribution in [2.24, 2.45) is 5.92 Å². The number of allylic oxidation sites excluding steroid dienone is 1. The number of hydrogen-bond acceptors (Lipinski definition) is 2.